The van der Waals surface area contributed by atoms with E-state index in [1.54, 1.807) is 13.2 Å². The lowest BCUT2D eigenvalue weighted by atomic mass is 10.2. The van der Waals surface area contributed by atoms with Gasteiger partial charge in [-0.2, -0.15) is 0 Å². The van der Waals surface area contributed by atoms with Crippen molar-refractivity contribution in [1.82, 2.24) is 20.6 Å². The minimum absolute atomic E-state index is 0.455. The first kappa shape index (κ1) is 21.2. The molecule has 1 aromatic carbocycles. The zero-order valence-electron chi connectivity index (χ0n) is 17.7. The van der Waals surface area contributed by atoms with E-state index in [-0.39, 0.29) is 0 Å². The predicted octanol–water partition coefficient (Wildman–Crippen LogP) is 3.74. The highest BCUT2D eigenvalue weighted by atomic mass is 16.5. The molecule has 2 heterocycles. The van der Waals surface area contributed by atoms with Crippen LogP contribution in [0.3, 0.4) is 0 Å². The van der Waals surface area contributed by atoms with Crippen LogP contribution in [-0.2, 0) is 13.1 Å². The standard InChI is InChI=1S/C22H27N5O3/c1-5-28-18-6-8-19(9-7-18)30-20-12-17(10-11-24-20)13-25-22(23-4)26-14-21-27-15(2)16(3)29-21/h6-12H,5,13-14H2,1-4H3,(H2,23,25,26). The van der Waals surface area contributed by atoms with Gasteiger partial charge in [0, 0.05) is 25.9 Å². The SMILES string of the molecule is CCOc1ccc(Oc2cc(CNC(=NC)NCc3nc(C)c(C)o3)ccn2)cc1. The molecule has 8 nitrogen and oxygen atoms in total. The molecule has 0 amide bonds. The van der Waals surface area contributed by atoms with Crippen LogP contribution < -0.4 is 20.1 Å². The number of ether oxygens (including phenoxy) is 2. The second-order valence-electron chi connectivity index (χ2n) is 6.54. The van der Waals surface area contributed by atoms with Crippen LogP contribution in [-0.4, -0.2) is 29.6 Å². The van der Waals surface area contributed by atoms with E-state index in [0.717, 1.165) is 22.8 Å². The van der Waals surface area contributed by atoms with Gasteiger partial charge in [0.25, 0.3) is 0 Å². The third-order valence-electron chi connectivity index (χ3n) is 4.32. The molecule has 0 bridgehead atoms. The van der Waals surface area contributed by atoms with Crippen molar-refractivity contribution in [2.75, 3.05) is 13.7 Å². The highest BCUT2D eigenvalue weighted by Gasteiger charge is 2.07. The molecule has 30 heavy (non-hydrogen) atoms. The number of hydrogen-bond acceptors (Lipinski definition) is 6. The number of nitrogens with zero attached hydrogens (tertiary/aromatic N) is 3. The maximum absolute atomic E-state index is 5.84. The Morgan fingerprint density at radius 3 is 2.47 bits per heavy atom. The molecule has 8 heteroatoms. The summed E-state index contributed by atoms with van der Waals surface area (Å²) in [5.74, 6) is 4.13. The maximum Gasteiger partial charge on any atom is 0.219 e. The largest absolute Gasteiger partial charge is 0.494 e. The fraction of sp³-hybridized carbons (Fsp3) is 0.318. The lowest BCUT2D eigenvalue weighted by molar-refractivity contribution is 0.339. The summed E-state index contributed by atoms with van der Waals surface area (Å²) in [6, 6.07) is 11.3. The summed E-state index contributed by atoms with van der Waals surface area (Å²) in [7, 11) is 1.72. The zero-order chi connectivity index (χ0) is 21.3. The van der Waals surface area contributed by atoms with Crippen LogP contribution in [0.5, 0.6) is 17.4 Å². The summed E-state index contributed by atoms with van der Waals surface area (Å²) in [4.78, 5) is 12.9. The number of aromatic nitrogens is 2. The lowest BCUT2D eigenvalue weighted by Gasteiger charge is -2.11. The van der Waals surface area contributed by atoms with E-state index in [1.165, 1.54) is 0 Å². The summed E-state index contributed by atoms with van der Waals surface area (Å²) in [6.45, 7) is 7.42. The van der Waals surface area contributed by atoms with E-state index in [0.29, 0.717) is 43.2 Å². The number of nitrogens with one attached hydrogen (secondary N) is 2. The van der Waals surface area contributed by atoms with Crippen molar-refractivity contribution in [2.45, 2.75) is 33.9 Å². The summed E-state index contributed by atoms with van der Waals surface area (Å²) in [6.07, 6.45) is 1.72. The van der Waals surface area contributed by atoms with E-state index in [2.05, 4.69) is 25.6 Å². The van der Waals surface area contributed by atoms with Gasteiger partial charge in [-0.3, -0.25) is 4.99 Å². The average molecular weight is 409 g/mol. The number of pyridine rings is 1. The molecular formula is C22H27N5O3. The first-order valence-electron chi connectivity index (χ1n) is 9.80. The van der Waals surface area contributed by atoms with E-state index < -0.39 is 0 Å². The summed E-state index contributed by atoms with van der Waals surface area (Å²) < 4.78 is 16.9. The monoisotopic (exact) mass is 409 g/mol. The molecular weight excluding hydrogens is 382 g/mol. The Morgan fingerprint density at radius 2 is 1.80 bits per heavy atom. The van der Waals surface area contributed by atoms with Gasteiger partial charge in [0.2, 0.25) is 11.8 Å². The Balaban J connectivity index is 1.53. The topological polar surface area (TPSA) is 93.8 Å². The number of aliphatic imine (C=N–C) groups is 1. The van der Waals surface area contributed by atoms with Crippen molar-refractivity contribution < 1.29 is 13.9 Å². The molecule has 0 unspecified atom stereocenters. The van der Waals surface area contributed by atoms with Crippen LogP contribution in [0.25, 0.3) is 0 Å². The molecule has 0 fully saturated rings. The smallest absolute Gasteiger partial charge is 0.219 e. The van der Waals surface area contributed by atoms with Crippen molar-refractivity contribution in [3.63, 3.8) is 0 Å². The molecule has 3 aromatic rings. The number of rotatable bonds is 8. The molecule has 2 aromatic heterocycles. The molecule has 0 radical (unpaired) electrons. The third kappa shape index (κ3) is 5.97. The van der Waals surface area contributed by atoms with Gasteiger partial charge in [-0.15, -0.1) is 0 Å². The van der Waals surface area contributed by atoms with Crippen LogP contribution in [0.2, 0.25) is 0 Å². The molecule has 0 spiro atoms. The molecule has 3 rings (SSSR count). The lowest BCUT2D eigenvalue weighted by Crippen LogP contribution is -2.36. The van der Waals surface area contributed by atoms with Crippen molar-refractivity contribution in [3.8, 4) is 17.4 Å². The first-order chi connectivity index (χ1) is 14.6. The molecule has 0 atom stereocenters. The minimum atomic E-state index is 0.455. The molecule has 0 saturated carbocycles. The van der Waals surface area contributed by atoms with Gasteiger partial charge in [-0.05, 0) is 56.7 Å². The Hall–Kier alpha value is -3.55. The summed E-state index contributed by atoms with van der Waals surface area (Å²) in [5.41, 5.74) is 1.91. The Labute approximate surface area is 176 Å². The Morgan fingerprint density at radius 1 is 1.07 bits per heavy atom. The zero-order valence-corrected chi connectivity index (χ0v) is 17.7. The molecule has 2 N–H and O–H groups in total. The predicted molar refractivity (Wildman–Crippen MR) is 115 cm³/mol. The van der Waals surface area contributed by atoms with E-state index >= 15 is 0 Å². The van der Waals surface area contributed by atoms with Crippen LogP contribution in [0.1, 0.15) is 29.8 Å². The maximum atomic E-state index is 5.84. The molecule has 0 aliphatic heterocycles. The molecule has 0 aliphatic rings. The number of benzene rings is 1. The van der Waals surface area contributed by atoms with Crippen molar-refractivity contribution >= 4 is 5.96 Å². The van der Waals surface area contributed by atoms with Crippen LogP contribution >= 0.6 is 0 Å². The quantitative estimate of drug-likeness (QED) is 0.432. The van der Waals surface area contributed by atoms with Crippen molar-refractivity contribution in [3.05, 3.63) is 65.5 Å². The van der Waals surface area contributed by atoms with E-state index in [4.69, 9.17) is 13.9 Å². The number of aryl methyl sites for hydroxylation is 2. The average Bonchev–Trinajstić information content (AvgIpc) is 3.07. The van der Waals surface area contributed by atoms with Crippen molar-refractivity contribution in [2.24, 2.45) is 4.99 Å². The highest BCUT2D eigenvalue weighted by molar-refractivity contribution is 5.79. The molecule has 0 saturated heterocycles. The van der Waals surface area contributed by atoms with Gasteiger partial charge in [-0.25, -0.2) is 9.97 Å². The van der Waals surface area contributed by atoms with Gasteiger partial charge in [-0.1, -0.05) is 0 Å². The number of oxazole rings is 1. The van der Waals surface area contributed by atoms with Gasteiger partial charge >= 0.3 is 0 Å². The van der Waals surface area contributed by atoms with Crippen LogP contribution in [0, 0.1) is 13.8 Å². The van der Waals surface area contributed by atoms with Gasteiger partial charge in [0.1, 0.15) is 17.3 Å². The van der Waals surface area contributed by atoms with Crippen LogP contribution in [0.15, 0.2) is 52.0 Å². The van der Waals surface area contributed by atoms with Crippen LogP contribution in [0.4, 0.5) is 0 Å². The fourth-order valence-electron chi connectivity index (χ4n) is 2.69. The van der Waals surface area contributed by atoms with E-state index in [1.807, 2.05) is 57.2 Å². The van der Waals surface area contributed by atoms with E-state index in [9.17, 15) is 0 Å². The molecule has 158 valence electrons. The number of hydrogen-bond donors (Lipinski definition) is 2. The minimum Gasteiger partial charge on any atom is -0.494 e. The third-order valence-corrected chi connectivity index (χ3v) is 4.32. The second kappa shape index (κ2) is 10.3. The summed E-state index contributed by atoms with van der Waals surface area (Å²) in [5, 5.41) is 6.45. The van der Waals surface area contributed by atoms with Gasteiger partial charge < -0.3 is 24.5 Å². The highest BCUT2D eigenvalue weighted by Crippen LogP contribution is 2.23. The normalized spacial score (nSPS) is 11.3. The first-order valence-corrected chi connectivity index (χ1v) is 9.80. The van der Waals surface area contributed by atoms with Gasteiger partial charge in [0.05, 0.1) is 18.8 Å². The Bertz CT molecular complexity index is 963. The molecule has 0 aliphatic carbocycles. The second-order valence-corrected chi connectivity index (χ2v) is 6.54. The summed E-state index contributed by atoms with van der Waals surface area (Å²) >= 11 is 0. The van der Waals surface area contributed by atoms with Gasteiger partial charge in [0.15, 0.2) is 5.96 Å². The Kier molecular flexibility index (Phi) is 7.26. The fourth-order valence-corrected chi connectivity index (χ4v) is 2.69. The number of guanidine groups is 1. The van der Waals surface area contributed by atoms with Crippen molar-refractivity contribution in [1.29, 1.82) is 0 Å².